The second-order valence-corrected chi connectivity index (χ2v) is 6.57. The molecule has 0 saturated carbocycles. The van der Waals surface area contributed by atoms with E-state index in [1.165, 1.54) is 24.3 Å². The Balaban J connectivity index is 2.33. The van der Waals surface area contributed by atoms with E-state index < -0.39 is 17.4 Å². The second kappa shape index (κ2) is 7.08. The Hall–Kier alpha value is -3.80. The summed E-state index contributed by atoms with van der Waals surface area (Å²) in [6.07, 6.45) is 0. The van der Waals surface area contributed by atoms with Gasteiger partial charge < -0.3 is 20.4 Å². The number of rotatable bonds is 5. The van der Waals surface area contributed by atoms with Crippen LogP contribution in [-0.4, -0.2) is 32.4 Å². The highest BCUT2D eigenvalue weighted by molar-refractivity contribution is 5.92. The lowest BCUT2D eigenvalue weighted by Gasteiger charge is -2.32. The monoisotopic (exact) mass is 378 g/mol. The van der Waals surface area contributed by atoms with Crippen LogP contribution in [0, 0.1) is 0 Å². The van der Waals surface area contributed by atoms with Gasteiger partial charge in [-0.15, -0.1) is 0 Å². The van der Waals surface area contributed by atoms with E-state index in [1.54, 1.807) is 12.1 Å². The molecule has 0 atom stereocenters. The fraction of sp³-hybridized carbons (Fsp3) is 0.0909. The molecule has 0 aliphatic rings. The molecular weight excluding hydrogens is 360 g/mol. The highest BCUT2D eigenvalue weighted by atomic mass is 16.4. The summed E-state index contributed by atoms with van der Waals surface area (Å²) < 4.78 is 0. The van der Waals surface area contributed by atoms with Crippen LogP contribution in [0.1, 0.15) is 44.3 Å². The Bertz CT molecular complexity index is 992. The van der Waals surface area contributed by atoms with Gasteiger partial charge in [-0.3, -0.25) is 0 Å². The zero-order valence-corrected chi connectivity index (χ0v) is 15.0. The van der Waals surface area contributed by atoms with Crippen molar-refractivity contribution < 1.29 is 30.0 Å². The van der Waals surface area contributed by atoms with Gasteiger partial charge in [0.2, 0.25) is 0 Å². The largest absolute Gasteiger partial charge is 0.507 e. The van der Waals surface area contributed by atoms with Gasteiger partial charge in [-0.1, -0.05) is 42.5 Å². The van der Waals surface area contributed by atoms with E-state index in [2.05, 4.69) is 0 Å². The third kappa shape index (κ3) is 3.16. The molecule has 0 heterocycles. The molecule has 6 heteroatoms. The van der Waals surface area contributed by atoms with Crippen LogP contribution in [-0.2, 0) is 5.41 Å². The minimum absolute atomic E-state index is 0.253. The number of phenols is 2. The number of carboxylic acids is 2. The first-order valence-corrected chi connectivity index (χ1v) is 8.44. The molecule has 0 radical (unpaired) electrons. The van der Waals surface area contributed by atoms with Crippen molar-refractivity contribution in [2.24, 2.45) is 0 Å². The van der Waals surface area contributed by atoms with Gasteiger partial charge in [0.05, 0.1) is 0 Å². The summed E-state index contributed by atoms with van der Waals surface area (Å²) >= 11 is 0. The number of hydrogen-bond donors (Lipinski definition) is 4. The summed E-state index contributed by atoms with van der Waals surface area (Å²) in [5.74, 6) is -3.26. The van der Waals surface area contributed by atoms with Crippen molar-refractivity contribution >= 4 is 11.9 Å². The molecule has 3 aromatic carbocycles. The molecule has 142 valence electrons. The van der Waals surface area contributed by atoms with Crippen LogP contribution in [0.25, 0.3) is 0 Å². The molecule has 6 nitrogen and oxygen atoms in total. The lowest BCUT2D eigenvalue weighted by atomic mass is 9.70. The molecule has 0 fully saturated rings. The molecule has 0 spiro atoms. The second-order valence-electron chi connectivity index (χ2n) is 6.57. The van der Waals surface area contributed by atoms with Crippen molar-refractivity contribution in [3.05, 3.63) is 94.5 Å². The minimum atomic E-state index is -1.27. The molecule has 4 N–H and O–H groups in total. The number of hydrogen-bond acceptors (Lipinski definition) is 4. The molecule has 0 aliphatic carbocycles. The van der Waals surface area contributed by atoms with Gasteiger partial charge in [0.1, 0.15) is 22.6 Å². The average Bonchev–Trinajstić information content (AvgIpc) is 2.68. The maximum absolute atomic E-state index is 11.5. The van der Waals surface area contributed by atoms with Gasteiger partial charge in [0, 0.05) is 5.41 Å². The number of carboxylic acid groups (broad SMARTS) is 2. The fourth-order valence-electron chi connectivity index (χ4n) is 3.31. The van der Waals surface area contributed by atoms with E-state index in [9.17, 15) is 30.0 Å². The van der Waals surface area contributed by atoms with Crippen molar-refractivity contribution in [1.82, 2.24) is 0 Å². The van der Waals surface area contributed by atoms with Gasteiger partial charge >= 0.3 is 11.9 Å². The molecule has 0 amide bonds. The SMILES string of the molecule is CC(c1ccccc1)(c1ccc(O)c(C(=O)O)c1)c1ccc(O)c(C(=O)O)c1. The van der Waals surface area contributed by atoms with E-state index in [-0.39, 0.29) is 22.6 Å². The Morgan fingerprint density at radius 2 is 1.11 bits per heavy atom. The zero-order chi connectivity index (χ0) is 20.5. The van der Waals surface area contributed by atoms with Crippen molar-refractivity contribution in [1.29, 1.82) is 0 Å². The van der Waals surface area contributed by atoms with Gasteiger partial charge in [0.25, 0.3) is 0 Å². The first kappa shape index (κ1) is 19.0. The maximum Gasteiger partial charge on any atom is 0.339 e. The minimum Gasteiger partial charge on any atom is -0.507 e. The standard InChI is InChI=1S/C22H18O6/c1-22(13-5-3-2-4-6-13,14-7-9-18(23)16(11-14)20(25)26)15-8-10-19(24)17(12-15)21(27)28/h2-12,23-24H,1H3,(H,25,26)(H,27,28). The lowest BCUT2D eigenvalue weighted by Crippen LogP contribution is -2.26. The van der Waals surface area contributed by atoms with E-state index >= 15 is 0 Å². The number of carbonyl (C=O) groups is 2. The lowest BCUT2D eigenvalue weighted by molar-refractivity contribution is 0.0682. The first-order chi connectivity index (χ1) is 13.2. The van der Waals surface area contributed by atoms with Crippen LogP contribution in [0.5, 0.6) is 11.5 Å². The van der Waals surface area contributed by atoms with Crippen molar-refractivity contribution in [3.8, 4) is 11.5 Å². The van der Waals surface area contributed by atoms with Crippen LogP contribution >= 0.6 is 0 Å². The third-order valence-corrected chi connectivity index (χ3v) is 4.96. The summed E-state index contributed by atoms with van der Waals surface area (Å²) in [6, 6.07) is 17.7. The highest BCUT2D eigenvalue weighted by Crippen LogP contribution is 2.41. The first-order valence-electron chi connectivity index (χ1n) is 8.44. The van der Waals surface area contributed by atoms with Crippen LogP contribution in [0.4, 0.5) is 0 Å². The van der Waals surface area contributed by atoms with Crippen molar-refractivity contribution in [2.45, 2.75) is 12.3 Å². The summed E-state index contributed by atoms with van der Waals surface area (Å²) in [4.78, 5) is 23.0. The molecule has 0 unspecified atom stereocenters. The molecule has 0 aliphatic heterocycles. The van der Waals surface area contributed by atoms with E-state index in [1.807, 2.05) is 37.3 Å². The molecule has 3 aromatic rings. The molecule has 0 saturated heterocycles. The van der Waals surface area contributed by atoms with Gasteiger partial charge in [-0.05, 0) is 47.9 Å². The van der Waals surface area contributed by atoms with Crippen molar-refractivity contribution in [3.63, 3.8) is 0 Å². The number of aromatic carboxylic acids is 2. The molecule has 0 aromatic heterocycles. The molecular formula is C22H18O6. The smallest absolute Gasteiger partial charge is 0.339 e. The highest BCUT2D eigenvalue weighted by Gasteiger charge is 2.33. The molecule has 28 heavy (non-hydrogen) atoms. The van der Waals surface area contributed by atoms with Crippen LogP contribution < -0.4 is 0 Å². The Kier molecular flexibility index (Phi) is 4.79. The normalized spacial score (nSPS) is 11.2. The Morgan fingerprint density at radius 3 is 1.50 bits per heavy atom. The quantitative estimate of drug-likeness (QED) is 0.501. The van der Waals surface area contributed by atoms with Crippen LogP contribution in [0.15, 0.2) is 66.7 Å². The average molecular weight is 378 g/mol. The Labute approximate surface area is 161 Å². The summed E-state index contributed by atoms with van der Waals surface area (Å²) in [5.41, 5.74) is 0.455. The van der Waals surface area contributed by atoms with E-state index in [4.69, 9.17) is 0 Å². The molecule has 3 rings (SSSR count). The Morgan fingerprint density at radius 1 is 0.679 bits per heavy atom. The van der Waals surface area contributed by atoms with E-state index in [0.29, 0.717) is 11.1 Å². The zero-order valence-electron chi connectivity index (χ0n) is 15.0. The molecule has 0 bridgehead atoms. The van der Waals surface area contributed by atoms with Crippen LogP contribution in [0.2, 0.25) is 0 Å². The van der Waals surface area contributed by atoms with Gasteiger partial charge in [-0.2, -0.15) is 0 Å². The topological polar surface area (TPSA) is 115 Å². The van der Waals surface area contributed by atoms with Gasteiger partial charge in [-0.25, -0.2) is 9.59 Å². The predicted octanol–water partition coefficient (Wildman–Crippen LogP) is 3.85. The fourth-order valence-corrected chi connectivity index (χ4v) is 3.31. The predicted molar refractivity (Wildman–Crippen MR) is 102 cm³/mol. The van der Waals surface area contributed by atoms with Crippen molar-refractivity contribution in [2.75, 3.05) is 0 Å². The van der Waals surface area contributed by atoms with Crippen LogP contribution in [0.3, 0.4) is 0 Å². The maximum atomic E-state index is 11.5. The summed E-state index contributed by atoms with van der Waals surface area (Å²) in [5, 5.41) is 38.5. The third-order valence-electron chi connectivity index (χ3n) is 4.96. The van der Waals surface area contributed by atoms with Gasteiger partial charge in [0.15, 0.2) is 0 Å². The summed E-state index contributed by atoms with van der Waals surface area (Å²) in [6.45, 7) is 1.83. The number of benzene rings is 3. The van der Waals surface area contributed by atoms with E-state index in [0.717, 1.165) is 5.56 Å². The summed E-state index contributed by atoms with van der Waals surface area (Å²) in [7, 11) is 0. The number of aromatic hydroxyl groups is 2.